The minimum Gasteiger partial charge on any atom is -0.493 e. The molecule has 1 heterocycles. The van der Waals surface area contributed by atoms with Gasteiger partial charge >= 0.3 is 0 Å². The monoisotopic (exact) mass is 603 g/mol. The van der Waals surface area contributed by atoms with Gasteiger partial charge in [-0.1, -0.05) is 35.6 Å². The SMILES string of the molecule is COc1ccc(/C=C(\NC(=O)c2ccccc2)C(=O)Nc2ccc(SC(C)C(=O)Nc3nnc(C)s3)cc2)cc1OC. The molecule has 10 nitrogen and oxygen atoms in total. The van der Waals surface area contributed by atoms with Gasteiger partial charge in [0.15, 0.2) is 11.5 Å². The zero-order valence-electron chi connectivity index (χ0n) is 23.3. The summed E-state index contributed by atoms with van der Waals surface area (Å²) in [6, 6.07) is 20.8. The zero-order valence-corrected chi connectivity index (χ0v) is 25.0. The predicted molar refractivity (Wildman–Crippen MR) is 165 cm³/mol. The highest BCUT2D eigenvalue weighted by atomic mass is 32.2. The molecule has 3 amide bonds. The first kappa shape index (κ1) is 30.3. The van der Waals surface area contributed by atoms with Gasteiger partial charge in [-0.25, -0.2) is 0 Å². The number of carbonyl (C=O) groups is 3. The summed E-state index contributed by atoms with van der Waals surface area (Å²) < 4.78 is 10.7. The molecule has 4 rings (SSSR count). The molecule has 1 aromatic heterocycles. The number of anilines is 2. The van der Waals surface area contributed by atoms with Crippen LogP contribution in [0, 0.1) is 6.92 Å². The van der Waals surface area contributed by atoms with E-state index in [4.69, 9.17) is 9.47 Å². The third-order valence-corrected chi connectivity index (χ3v) is 7.66. The van der Waals surface area contributed by atoms with E-state index in [0.29, 0.717) is 33.4 Å². The van der Waals surface area contributed by atoms with Crippen molar-refractivity contribution in [3.05, 3.63) is 94.6 Å². The number of hydrogen-bond donors (Lipinski definition) is 3. The van der Waals surface area contributed by atoms with E-state index in [1.54, 1.807) is 85.8 Å². The number of thioether (sulfide) groups is 1. The number of ether oxygens (including phenoxy) is 2. The fourth-order valence-electron chi connectivity index (χ4n) is 3.68. The van der Waals surface area contributed by atoms with Crippen molar-refractivity contribution in [2.75, 3.05) is 24.9 Å². The van der Waals surface area contributed by atoms with Gasteiger partial charge in [-0.05, 0) is 74.0 Å². The Morgan fingerprint density at radius 2 is 1.62 bits per heavy atom. The van der Waals surface area contributed by atoms with Crippen LogP contribution in [0.5, 0.6) is 11.5 Å². The molecule has 1 atom stereocenters. The van der Waals surface area contributed by atoms with Gasteiger partial charge in [0.1, 0.15) is 10.7 Å². The molecule has 0 saturated heterocycles. The summed E-state index contributed by atoms with van der Waals surface area (Å²) in [5.41, 5.74) is 1.57. The Bertz CT molecular complexity index is 1590. The van der Waals surface area contributed by atoms with Gasteiger partial charge in [0.2, 0.25) is 11.0 Å². The maximum absolute atomic E-state index is 13.4. The summed E-state index contributed by atoms with van der Waals surface area (Å²) in [5.74, 6) is -0.119. The summed E-state index contributed by atoms with van der Waals surface area (Å²) in [7, 11) is 3.05. The molecule has 0 saturated carbocycles. The molecule has 0 aliphatic rings. The number of rotatable bonds is 11. The first-order valence-electron chi connectivity index (χ1n) is 12.7. The Balaban J connectivity index is 1.48. The number of methoxy groups -OCH3 is 2. The summed E-state index contributed by atoms with van der Waals surface area (Å²) in [5, 5.41) is 17.0. The van der Waals surface area contributed by atoms with Crippen LogP contribution >= 0.6 is 23.1 Å². The second-order valence-corrected chi connectivity index (χ2v) is 11.4. The third kappa shape index (κ3) is 8.18. The molecule has 42 heavy (non-hydrogen) atoms. The highest BCUT2D eigenvalue weighted by Gasteiger charge is 2.18. The summed E-state index contributed by atoms with van der Waals surface area (Å²) in [4.78, 5) is 39.7. The van der Waals surface area contributed by atoms with Crippen LogP contribution in [0.25, 0.3) is 6.08 Å². The van der Waals surface area contributed by atoms with Crippen LogP contribution in [0.15, 0.2) is 83.4 Å². The maximum Gasteiger partial charge on any atom is 0.272 e. The second kappa shape index (κ2) is 14.3. The number of amides is 3. The number of nitrogens with one attached hydrogen (secondary N) is 3. The van der Waals surface area contributed by atoms with Crippen molar-refractivity contribution in [3.8, 4) is 11.5 Å². The van der Waals surface area contributed by atoms with Crippen LogP contribution in [0.4, 0.5) is 10.8 Å². The van der Waals surface area contributed by atoms with Crippen LogP contribution in [-0.4, -0.2) is 47.4 Å². The molecule has 0 bridgehead atoms. The van der Waals surface area contributed by atoms with Gasteiger partial charge in [-0.3, -0.25) is 19.7 Å². The van der Waals surface area contributed by atoms with Crippen molar-refractivity contribution in [2.45, 2.75) is 24.0 Å². The molecule has 0 fully saturated rings. The molecule has 3 aromatic carbocycles. The summed E-state index contributed by atoms with van der Waals surface area (Å²) in [6.45, 7) is 3.61. The lowest BCUT2D eigenvalue weighted by molar-refractivity contribution is -0.115. The maximum atomic E-state index is 13.4. The Kier molecular flexibility index (Phi) is 10.3. The first-order valence-corrected chi connectivity index (χ1v) is 14.4. The van der Waals surface area contributed by atoms with E-state index in [1.807, 2.05) is 6.92 Å². The Morgan fingerprint density at radius 1 is 0.905 bits per heavy atom. The molecule has 0 radical (unpaired) electrons. The Morgan fingerprint density at radius 3 is 2.26 bits per heavy atom. The fraction of sp³-hybridized carbons (Fsp3) is 0.167. The van der Waals surface area contributed by atoms with E-state index in [0.717, 1.165) is 9.90 Å². The molecule has 0 aliphatic carbocycles. The molecular formula is C30H29N5O5S2. The van der Waals surface area contributed by atoms with Gasteiger partial charge in [-0.2, -0.15) is 0 Å². The van der Waals surface area contributed by atoms with Gasteiger partial charge in [-0.15, -0.1) is 22.0 Å². The van der Waals surface area contributed by atoms with E-state index in [-0.39, 0.29) is 16.9 Å². The van der Waals surface area contributed by atoms with Crippen LogP contribution in [0.3, 0.4) is 0 Å². The van der Waals surface area contributed by atoms with Crippen LogP contribution in [0.2, 0.25) is 0 Å². The lowest BCUT2D eigenvalue weighted by atomic mass is 10.1. The lowest BCUT2D eigenvalue weighted by Crippen LogP contribution is -2.30. The number of carbonyl (C=O) groups excluding carboxylic acids is 3. The molecule has 12 heteroatoms. The van der Waals surface area contributed by atoms with Crippen molar-refractivity contribution >= 4 is 57.7 Å². The molecule has 0 spiro atoms. The lowest BCUT2D eigenvalue weighted by Gasteiger charge is -2.13. The first-order chi connectivity index (χ1) is 20.2. The van der Waals surface area contributed by atoms with E-state index in [2.05, 4.69) is 26.1 Å². The predicted octanol–water partition coefficient (Wildman–Crippen LogP) is 5.39. The Labute approximate surface area is 251 Å². The molecular weight excluding hydrogens is 574 g/mol. The smallest absolute Gasteiger partial charge is 0.272 e. The van der Waals surface area contributed by atoms with Crippen LogP contribution in [0.1, 0.15) is 27.9 Å². The van der Waals surface area contributed by atoms with E-state index in [1.165, 1.54) is 37.3 Å². The van der Waals surface area contributed by atoms with E-state index < -0.39 is 11.8 Å². The second-order valence-electron chi connectivity index (χ2n) is 8.85. The van der Waals surface area contributed by atoms with Crippen molar-refractivity contribution in [3.63, 3.8) is 0 Å². The fourth-order valence-corrected chi connectivity index (χ4v) is 5.14. The normalized spacial score (nSPS) is 11.8. The number of hydrogen-bond acceptors (Lipinski definition) is 9. The third-order valence-electron chi connectivity index (χ3n) is 5.80. The Hall–Kier alpha value is -4.68. The van der Waals surface area contributed by atoms with Gasteiger partial charge < -0.3 is 20.1 Å². The number of aromatic nitrogens is 2. The quantitative estimate of drug-likeness (QED) is 0.154. The molecule has 3 N–H and O–H groups in total. The number of benzene rings is 3. The van der Waals surface area contributed by atoms with Crippen molar-refractivity contribution in [2.24, 2.45) is 0 Å². The topological polar surface area (TPSA) is 132 Å². The summed E-state index contributed by atoms with van der Waals surface area (Å²) in [6.07, 6.45) is 1.56. The minimum absolute atomic E-state index is 0.0340. The van der Waals surface area contributed by atoms with Crippen LogP contribution < -0.4 is 25.4 Å². The molecule has 216 valence electrons. The standard InChI is InChI=1S/C30H29N5O5S2/c1-18(27(36)33-30-35-34-19(2)42-30)41-23-13-11-22(12-14-23)31-29(38)24(32-28(37)21-8-6-5-7-9-21)16-20-10-15-25(39-3)26(17-20)40-4/h5-18H,1-4H3,(H,31,38)(H,32,37)(H,33,35,36)/b24-16-. The summed E-state index contributed by atoms with van der Waals surface area (Å²) >= 11 is 2.68. The van der Waals surface area contributed by atoms with Gasteiger partial charge in [0, 0.05) is 16.1 Å². The van der Waals surface area contributed by atoms with Crippen molar-refractivity contribution in [1.82, 2.24) is 15.5 Å². The zero-order chi connectivity index (χ0) is 30.1. The number of nitrogens with zero attached hydrogens (tertiary/aromatic N) is 2. The van der Waals surface area contributed by atoms with Crippen molar-refractivity contribution in [1.29, 1.82) is 0 Å². The largest absolute Gasteiger partial charge is 0.493 e. The van der Waals surface area contributed by atoms with Gasteiger partial charge in [0.25, 0.3) is 11.8 Å². The van der Waals surface area contributed by atoms with Crippen LogP contribution in [-0.2, 0) is 9.59 Å². The minimum atomic E-state index is -0.519. The highest BCUT2D eigenvalue weighted by Crippen LogP contribution is 2.29. The average molecular weight is 604 g/mol. The number of aryl methyl sites for hydroxylation is 1. The molecule has 4 aromatic rings. The molecule has 1 unspecified atom stereocenters. The van der Waals surface area contributed by atoms with E-state index >= 15 is 0 Å². The average Bonchev–Trinajstić information content (AvgIpc) is 3.41. The van der Waals surface area contributed by atoms with E-state index in [9.17, 15) is 14.4 Å². The van der Waals surface area contributed by atoms with Crippen molar-refractivity contribution < 1.29 is 23.9 Å². The molecule has 0 aliphatic heterocycles. The highest BCUT2D eigenvalue weighted by molar-refractivity contribution is 8.00. The van der Waals surface area contributed by atoms with Gasteiger partial charge in [0.05, 0.1) is 19.5 Å².